The molecule has 2 rings (SSSR count). The van der Waals surface area contributed by atoms with Gasteiger partial charge in [-0.3, -0.25) is 4.79 Å². The third kappa shape index (κ3) is 3.39. The largest absolute Gasteiger partial charge is 0.492 e. The molecule has 1 unspecified atom stereocenters. The lowest BCUT2D eigenvalue weighted by Gasteiger charge is -2.16. The lowest BCUT2D eigenvalue weighted by Crippen LogP contribution is -2.30. The zero-order valence-electron chi connectivity index (χ0n) is 10.6. The molecular weight excluding hydrogens is 250 g/mol. The number of benzene rings is 1. The standard InChI is InChI=1S/C14H18ClNO2/c1-11-3-2-4-13(7-11)18-6-5-16-10-12(9-15)8-14(16)17/h2-4,7,12H,5-6,8-10H2,1H3. The van der Waals surface area contributed by atoms with Gasteiger partial charge >= 0.3 is 0 Å². The molecule has 1 aromatic carbocycles. The van der Waals surface area contributed by atoms with E-state index in [1.165, 1.54) is 5.56 Å². The lowest BCUT2D eigenvalue weighted by atomic mass is 10.2. The maximum Gasteiger partial charge on any atom is 0.223 e. The van der Waals surface area contributed by atoms with E-state index >= 15 is 0 Å². The third-order valence-electron chi connectivity index (χ3n) is 3.13. The first-order chi connectivity index (χ1) is 8.69. The van der Waals surface area contributed by atoms with Crippen molar-refractivity contribution in [2.24, 2.45) is 5.92 Å². The summed E-state index contributed by atoms with van der Waals surface area (Å²) in [4.78, 5) is 13.5. The highest BCUT2D eigenvalue weighted by Crippen LogP contribution is 2.19. The number of halogens is 1. The normalized spacial score (nSPS) is 19.3. The molecule has 1 amide bonds. The zero-order valence-corrected chi connectivity index (χ0v) is 11.3. The highest BCUT2D eigenvalue weighted by Gasteiger charge is 2.28. The van der Waals surface area contributed by atoms with E-state index in [4.69, 9.17) is 16.3 Å². The van der Waals surface area contributed by atoms with Crippen LogP contribution in [-0.4, -0.2) is 36.4 Å². The van der Waals surface area contributed by atoms with Crippen molar-refractivity contribution >= 4 is 17.5 Å². The summed E-state index contributed by atoms with van der Waals surface area (Å²) in [5, 5.41) is 0. The summed E-state index contributed by atoms with van der Waals surface area (Å²) in [6.45, 7) is 3.96. The second-order valence-corrected chi connectivity index (χ2v) is 5.04. The van der Waals surface area contributed by atoms with Crippen LogP contribution < -0.4 is 4.74 Å². The predicted molar refractivity (Wildman–Crippen MR) is 72.1 cm³/mol. The van der Waals surface area contributed by atoms with Crippen molar-refractivity contribution in [1.29, 1.82) is 0 Å². The fourth-order valence-electron chi connectivity index (χ4n) is 2.15. The number of likely N-dealkylation sites (tertiary alicyclic amines) is 1. The summed E-state index contributed by atoms with van der Waals surface area (Å²) < 4.78 is 5.64. The van der Waals surface area contributed by atoms with Gasteiger partial charge in [0.15, 0.2) is 0 Å². The van der Waals surface area contributed by atoms with Crippen LogP contribution in [0.3, 0.4) is 0 Å². The minimum absolute atomic E-state index is 0.188. The average molecular weight is 268 g/mol. The van der Waals surface area contributed by atoms with Crippen LogP contribution in [0.4, 0.5) is 0 Å². The quantitative estimate of drug-likeness (QED) is 0.767. The molecule has 1 saturated heterocycles. The molecule has 0 aromatic heterocycles. The Hall–Kier alpha value is -1.22. The molecule has 0 spiro atoms. The molecule has 0 bridgehead atoms. The van der Waals surface area contributed by atoms with Gasteiger partial charge in [0.2, 0.25) is 5.91 Å². The van der Waals surface area contributed by atoms with Gasteiger partial charge < -0.3 is 9.64 Å². The second kappa shape index (κ2) is 6.10. The van der Waals surface area contributed by atoms with Crippen LogP contribution in [0, 0.1) is 12.8 Å². The predicted octanol–water partition coefficient (Wildman–Crippen LogP) is 2.46. The van der Waals surface area contributed by atoms with Gasteiger partial charge in [0.05, 0.1) is 6.54 Å². The third-order valence-corrected chi connectivity index (χ3v) is 3.57. The molecule has 0 radical (unpaired) electrons. The average Bonchev–Trinajstić information content (AvgIpc) is 2.71. The van der Waals surface area contributed by atoms with E-state index in [-0.39, 0.29) is 5.91 Å². The van der Waals surface area contributed by atoms with Crippen molar-refractivity contribution in [2.45, 2.75) is 13.3 Å². The number of carbonyl (C=O) groups is 1. The summed E-state index contributed by atoms with van der Waals surface area (Å²) in [6, 6.07) is 7.92. The SMILES string of the molecule is Cc1cccc(OCCN2CC(CCl)CC2=O)c1. The Bertz CT molecular complexity index is 422. The fraction of sp³-hybridized carbons (Fsp3) is 0.500. The molecule has 1 aliphatic rings. The monoisotopic (exact) mass is 267 g/mol. The van der Waals surface area contributed by atoms with Gasteiger partial charge in [0, 0.05) is 18.8 Å². The van der Waals surface area contributed by atoms with Crippen LogP contribution in [0.25, 0.3) is 0 Å². The van der Waals surface area contributed by atoms with Crippen molar-refractivity contribution in [3.05, 3.63) is 29.8 Å². The van der Waals surface area contributed by atoms with Crippen molar-refractivity contribution in [2.75, 3.05) is 25.6 Å². The first kappa shape index (κ1) is 13.2. The van der Waals surface area contributed by atoms with Crippen molar-refractivity contribution in [3.8, 4) is 5.75 Å². The van der Waals surface area contributed by atoms with Gasteiger partial charge in [-0.2, -0.15) is 0 Å². The summed E-state index contributed by atoms with van der Waals surface area (Å²) in [6.07, 6.45) is 0.577. The Morgan fingerprint density at radius 2 is 2.33 bits per heavy atom. The Kier molecular flexibility index (Phi) is 4.48. The Morgan fingerprint density at radius 1 is 1.50 bits per heavy atom. The van der Waals surface area contributed by atoms with E-state index in [2.05, 4.69) is 0 Å². The van der Waals surface area contributed by atoms with Crippen LogP contribution >= 0.6 is 11.6 Å². The van der Waals surface area contributed by atoms with Gasteiger partial charge in [-0.05, 0) is 30.5 Å². The van der Waals surface area contributed by atoms with Crippen molar-refractivity contribution in [1.82, 2.24) is 4.90 Å². The molecule has 0 aliphatic carbocycles. The van der Waals surface area contributed by atoms with E-state index in [1.54, 1.807) is 0 Å². The van der Waals surface area contributed by atoms with Gasteiger partial charge in [-0.1, -0.05) is 12.1 Å². The van der Waals surface area contributed by atoms with Crippen LogP contribution in [0.15, 0.2) is 24.3 Å². The van der Waals surface area contributed by atoms with Gasteiger partial charge in [-0.25, -0.2) is 0 Å². The number of hydrogen-bond donors (Lipinski definition) is 0. The zero-order chi connectivity index (χ0) is 13.0. The van der Waals surface area contributed by atoms with Crippen molar-refractivity contribution in [3.63, 3.8) is 0 Å². The number of nitrogens with zero attached hydrogens (tertiary/aromatic N) is 1. The number of aryl methyl sites for hydroxylation is 1. The van der Waals surface area contributed by atoms with E-state index in [0.29, 0.717) is 31.4 Å². The van der Waals surface area contributed by atoms with E-state index < -0.39 is 0 Å². The molecule has 0 saturated carbocycles. The minimum Gasteiger partial charge on any atom is -0.492 e. The first-order valence-corrected chi connectivity index (χ1v) is 6.75. The van der Waals surface area contributed by atoms with Crippen LogP contribution in [0.2, 0.25) is 0 Å². The Morgan fingerprint density at radius 3 is 3.00 bits per heavy atom. The smallest absolute Gasteiger partial charge is 0.223 e. The van der Waals surface area contributed by atoms with E-state index in [0.717, 1.165) is 12.3 Å². The number of ether oxygens (including phenoxy) is 1. The van der Waals surface area contributed by atoms with E-state index in [1.807, 2.05) is 36.1 Å². The van der Waals surface area contributed by atoms with Crippen LogP contribution in [0.1, 0.15) is 12.0 Å². The molecule has 4 heteroatoms. The maximum absolute atomic E-state index is 11.7. The Balaban J connectivity index is 1.77. The molecule has 1 aliphatic heterocycles. The highest BCUT2D eigenvalue weighted by atomic mass is 35.5. The Labute approximate surface area is 113 Å². The first-order valence-electron chi connectivity index (χ1n) is 6.22. The summed E-state index contributed by atoms with van der Waals surface area (Å²) in [5.41, 5.74) is 1.17. The van der Waals surface area contributed by atoms with Gasteiger partial charge in [0.25, 0.3) is 0 Å². The molecule has 98 valence electrons. The number of alkyl halides is 1. The molecule has 1 aromatic rings. The van der Waals surface area contributed by atoms with Crippen LogP contribution in [-0.2, 0) is 4.79 Å². The maximum atomic E-state index is 11.7. The molecule has 1 heterocycles. The van der Waals surface area contributed by atoms with Crippen molar-refractivity contribution < 1.29 is 9.53 Å². The molecule has 1 fully saturated rings. The van der Waals surface area contributed by atoms with Crippen LogP contribution in [0.5, 0.6) is 5.75 Å². The number of hydrogen-bond acceptors (Lipinski definition) is 2. The fourth-order valence-corrected chi connectivity index (χ4v) is 2.36. The number of amides is 1. The molecule has 1 atom stereocenters. The van der Waals surface area contributed by atoms with E-state index in [9.17, 15) is 4.79 Å². The lowest BCUT2D eigenvalue weighted by molar-refractivity contribution is -0.128. The summed E-state index contributed by atoms with van der Waals surface area (Å²) in [7, 11) is 0. The highest BCUT2D eigenvalue weighted by molar-refractivity contribution is 6.18. The summed E-state index contributed by atoms with van der Waals surface area (Å²) in [5.74, 6) is 1.91. The summed E-state index contributed by atoms with van der Waals surface area (Å²) >= 11 is 5.78. The van der Waals surface area contributed by atoms with Gasteiger partial charge in [0.1, 0.15) is 12.4 Å². The van der Waals surface area contributed by atoms with Gasteiger partial charge in [-0.15, -0.1) is 11.6 Å². The molecule has 3 nitrogen and oxygen atoms in total. The number of rotatable bonds is 5. The number of carbonyl (C=O) groups excluding carboxylic acids is 1. The molecule has 18 heavy (non-hydrogen) atoms. The second-order valence-electron chi connectivity index (χ2n) is 4.73. The molecular formula is C14H18ClNO2. The molecule has 0 N–H and O–H groups in total. The minimum atomic E-state index is 0.188. The topological polar surface area (TPSA) is 29.5 Å².